The van der Waals surface area contributed by atoms with Crippen molar-refractivity contribution in [2.75, 3.05) is 4.90 Å². The van der Waals surface area contributed by atoms with Gasteiger partial charge in [-0.1, -0.05) is 24.0 Å². The zero-order chi connectivity index (χ0) is 16.6. The van der Waals surface area contributed by atoms with E-state index in [4.69, 9.17) is 16.6 Å². The number of non-ortho nitro benzene ring substituents is 1. The first kappa shape index (κ1) is 15.4. The highest BCUT2D eigenvalue weighted by atomic mass is 32.2. The molecule has 1 aliphatic rings. The molecule has 0 atom stereocenters. The van der Waals surface area contributed by atoms with Gasteiger partial charge >= 0.3 is 0 Å². The molecule has 8 heteroatoms. The van der Waals surface area contributed by atoms with Crippen molar-refractivity contribution in [3.05, 3.63) is 62.9 Å². The first-order chi connectivity index (χ1) is 11.0. The molecule has 0 unspecified atom stereocenters. The number of hydrogen-bond acceptors (Lipinski definition) is 6. The van der Waals surface area contributed by atoms with Crippen molar-refractivity contribution in [2.24, 2.45) is 0 Å². The third-order valence-electron chi connectivity index (χ3n) is 3.15. The summed E-state index contributed by atoms with van der Waals surface area (Å²) in [5.74, 6) is 1.05. The maximum absolute atomic E-state index is 12.5. The van der Waals surface area contributed by atoms with Gasteiger partial charge in [0.15, 0.2) is 4.32 Å². The van der Waals surface area contributed by atoms with Gasteiger partial charge in [-0.15, -0.1) is 0 Å². The van der Waals surface area contributed by atoms with Crippen molar-refractivity contribution in [1.29, 1.82) is 0 Å². The number of carbonyl (C=O) groups excluding carboxylic acids is 1. The van der Waals surface area contributed by atoms with E-state index >= 15 is 0 Å². The van der Waals surface area contributed by atoms with Crippen LogP contribution in [-0.2, 0) is 4.79 Å². The topological polar surface area (TPSA) is 76.6 Å². The number of hydrogen-bond donors (Lipinski definition) is 0. The van der Waals surface area contributed by atoms with Crippen molar-refractivity contribution in [1.82, 2.24) is 0 Å². The Morgan fingerprint density at radius 3 is 2.52 bits per heavy atom. The van der Waals surface area contributed by atoms with Crippen LogP contribution in [0.15, 0.2) is 45.7 Å². The molecule has 23 heavy (non-hydrogen) atoms. The van der Waals surface area contributed by atoms with Crippen LogP contribution in [0, 0.1) is 17.0 Å². The molecule has 1 amide bonds. The largest absolute Gasteiger partial charge is 0.462 e. The van der Waals surface area contributed by atoms with E-state index in [9.17, 15) is 14.9 Å². The van der Waals surface area contributed by atoms with Gasteiger partial charge in [0.2, 0.25) is 0 Å². The summed E-state index contributed by atoms with van der Waals surface area (Å²) in [6.45, 7) is 1.82. The highest BCUT2D eigenvalue weighted by molar-refractivity contribution is 8.27. The molecular formula is C15H10N2O4S2. The number of thioether (sulfide) groups is 1. The molecule has 0 radical (unpaired) electrons. The van der Waals surface area contributed by atoms with Crippen LogP contribution in [0.2, 0.25) is 0 Å². The lowest BCUT2D eigenvalue weighted by Gasteiger charge is -2.13. The van der Waals surface area contributed by atoms with Gasteiger partial charge in [-0.25, -0.2) is 0 Å². The lowest BCUT2D eigenvalue weighted by molar-refractivity contribution is -0.384. The van der Waals surface area contributed by atoms with Crippen molar-refractivity contribution in [3.8, 4) is 0 Å². The molecule has 3 rings (SSSR count). The minimum atomic E-state index is -0.493. The van der Waals surface area contributed by atoms with E-state index in [1.54, 1.807) is 12.1 Å². The van der Waals surface area contributed by atoms with Crippen LogP contribution < -0.4 is 4.90 Å². The Hall–Kier alpha value is -2.45. The van der Waals surface area contributed by atoms with Gasteiger partial charge < -0.3 is 4.42 Å². The van der Waals surface area contributed by atoms with Gasteiger partial charge in [-0.05, 0) is 31.2 Å². The fourth-order valence-corrected chi connectivity index (χ4v) is 3.35. The van der Waals surface area contributed by atoms with Gasteiger partial charge in [-0.2, -0.15) is 0 Å². The number of nitro benzene ring substituents is 1. The molecule has 0 saturated carbocycles. The first-order valence-electron chi connectivity index (χ1n) is 6.54. The minimum Gasteiger partial charge on any atom is -0.462 e. The third-order valence-corrected chi connectivity index (χ3v) is 4.45. The van der Waals surface area contributed by atoms with Crippen LogP contribution in [0.3, 0.4) is 0 Å². The van der Waals surface area contributed by atoms with Crippen LogP contribution in [0.25, 0.3) is 6.08 Å². The first-order valence-corrected chi connectivity index (χ1v) is 7.77. The van der Waals surface area contributed by atoms with Gasteiger partial charge in [0, 0.05) is 18.2 Å². The summed E-state index contributed by atoms with van der Waals surface area (Å²) in [5.41, 5.74) is 0.456. The van der Waals surface area contributed by atoms with E-state index in [-0.39, 0.29) is 11.6 Å². The average Bonchev–Trinajstić information content (AvgIpc) is 3.03. The number of amides is 1. The van der Waals surface area contributed by atoms with Crippen LogP contribution in [0.1, 0.15) is 11.5 Å². The predicted molar refractivity (Wildman–Crippen MR) is 92.2 cm³/mol. The Morgan fingerprint density at radius 2 is 1.96 bits per heavy atom. The van der Waals surface area contributed by atoms with E-state index in [1.165, 1.54) is 40.9 Å². The number of anilines is 1. The standard InChI is InChI=1S/C15H10N2O4S2/c1-9-2-7-12(21-9)8-13-14(18)16(15(22)23-13)10-3-5-11(6-4-10)17(19)20/h2-8H,1H3. The van der Waals surface area contributed by atoms with E-state index in [0.717, 1.165) is 5.76 Å². The van der Waals surface area contributed by atoms with Gasteiger partial charge in [0.25, 0.3) is 11.6 Å². The molecule has 6 nitrogen and oxygen atoms in total. The smallest absolute Gasteiger partial charge is 0.270 e. The summed E-state index contributed by atoms with van der Waals surface area (Å²) in [5, 5.41) is 10.7. The zero-order valence-corrected chi connectivity index (χ0v) is 13.5. The van der Waals surface area contributed by atoms with Crippen LogP contribution in [-0.4, -0.2) is 15.2 Å². The van der Waals surface area contributed by atoms with Crippen molar-refractivity contribution in [2.45, 2.75) is 6.92 Å². The highest BCUT2D eigenvalue weighted by Crippen LogP contribution is 2.36. The summed E-state index contributed by atoms with van der Waals surface area (Å²) in [6, 6.07) is 9.27. The molecule has 116 valence electrons. The number of benzene rings is 1. The second kappa shape index (κ2) is 5.98. The van der Waals surface area contributed by atoms with Gasteiger partial charge in [0.05, 0.1) is 15.5 Å². The fraction of sp³-hybridized carbons (Fsp3) is 0.0667. The monoisotopic (exact) mass is 346 g/mol. The van der Waals surface area contributed by atoms with Crippen molar-refractivity contribution < 1.29 is 14.1 Å². The third kappa shape index (κ3) is 3.03. The average molecular weight is 346 g/mol. The quantitative estimate of drug-likeness (QED) is 0.363. The number of carbonyl (C=O) groups is 1. The molecular weight excluding hydrogens is 336 g/mol. The number of nitrogens with zero attached hydrogens (tertiary/aromatic N) is 2. The molecule has 1 saturated heterocycles. The predicted octanol–water partition coefficient (Wildman–Crippen LogP) is 3.90. The number of furan rings is 1. The Balaban J connectivity index is 1.89. The molecule has 1 aliphatic heterocycles. The van der Waals surface area contributed by atoms with E-state index in [2.05, 4.69) is 0 Å². The van der Waals surface area contributed by atoms with E-state index in [1.807, 2.05) is 13.0 Å². The molecule has 0 spiro atoms. The van der Waals surface area contributed by atoms with E-state index in [0.29, 0.717) is 20.7 Å². The highest BCUT2D eigenvalue weighted by Gasteiger charge is 2.33. The maximum Gasteiger partial charge on any atom is 0.270 e. The normalized spacial score (nSPS) is 16.4. The second-order valence-electron chi connectivity index (χ2n) is 4.74. The van der Waals surface area contributed by atoms with Crippen molar-refractivity contribution in [3.63, 3.8) is 0 Å². The molecule has 0 N–H and O–H groups in total. The molecule has 1 fully saturated rings. The summed E-state index contributed by atoms with van der Waals surface area (Å²) in [7, 11) is 0. The second-order valence-corrected chi connectivity index (χ2v) is 6.41. The molecule has 2 aromatic rings. The number of rotatable bonds is 3. The molecule has 1 aromatic heterocycles. The van der Waals surface area contributed by atoms with E-state index < -0.39 is 4.92 Å². The van der Waals surface area contributed by atoms with Gasteiger partial charge in [0.1, 0.15) is 11.5 Å². The Labute approximate surface area is 140 Å². The van der Waals surface area contributed by atoms with Gasteiger partial charge in [-0.3, -0.25) is 19.8 Å². The molecule has 0 aliphatic carbocycles. The van der Waals surface area contributed by atoms with Crippen LogP contribution in [0.4, 0.5) is 11.4 Å². The molecule has 0 bridgehead atoms. The Kier molecular flexibility index (Phi) is 4.01. The SMILES string of the molecule is Cc1ccc(C=C2SC(=S)N(c3ccc([N+](=O)[O-])cc3)C2=O)o1. The summed E-state index contributed by atoms with van der Waals surface area (Å²) >= 11 is 6.41. The summed E-state index contributed by atoms with van der Waals surface area (Å²) in [4.78, 5) is 24.5. The fourth-order valence-electron chi connectivity index (χ4n) is 2.07. The molecule has 2 heterocycles. The maximum atomic E-state index is 12.5. The lowest BCUT2D eigenvalue weighted by Crippen LogP contribution is -2.27. The number of thiocarbonyl (C=S) groups is 1. The zero-order valence-electron chi connectivity index (χ0n) is 11.9. The lowest BCUT2D eigenvalue weighted by atomic mass is 10.2. The Morgan fingerprint density at radius 1 is 1.26 bits per heavy atom. The Bertz CT molecular complexity index is 839. The van der Waals surface area contributed by atoms with Crippen molar-refractivity contribution >= 4 is 51.7 Å². The summed E-state index contributed by atoms with van der Waals surface area (Å²) < 4.78 is 5.81. The summed E-state index contributed by atoms with van der Waals surface area (Å²) in [6.07, 6.45) is 1.64. The van der Waals surface area contributed by atoms with Crippen LogP contribution >= 0.6 is 24.0 Å². The number of nitro groups is 1. The number of aryl methyl sites for hydroxylation is 1. The minimum absolute atomic E-state index is 0.0409. The van der Waals surface area contributed by atoms with Crippen LogP contribution in [0.5, 0.6) is 0 Å². The molecule has 1 aromatic carbocycles.